The summed E-state index contributed by atoms with van der Waals surface area (Å²) in [6, 6.07) is 0. The fourth-order valence-corrected chi connectivity index (χ4v) is 1.47. The van der Waals surface area contributed by atoms with Crippen LogP contribution in [0.25, 0.3) is 0 Å². The van der Waals surface area contributed by atoms with E-state index >= 15 is 0 Å². The second-order valence-electron chi connectivity index (χ2n) is 4.34. The fourth-order valence-electron chi connectivity index (χ4n) is 0.981. The summed E-state index contributed by atoms with van der Waals surface area (Å²) in [6.07, 6.45) is 4.46. The van der Waals surface area contributed by atoms with Gasteiger partial charge in [-0.05, 0) is 45.6 Å². The van der Waals surface area contributed by atoms with Gasteiger partial charge in [0.2, 0.25) is 0 Å². The molecule has 3 N–H and O–H groups in total. The first-order valence-electron chi connectivity index (χ1n) is 5.03. The van der Waals surface area contributed by atoms with Crippen molar-refractivity contribution in [2.75, 3.05) is 18.6 Å². The van der Waals surface area contributed by atoms with Gasteiger partial charge in [-0.25, -0.2) is 0 Å². The Morgan fingerprint density at radius 1 is 1.33 bits per heavy atom. The molecule has 0 aliphatic carbocycles. The van der Waals surface area contributed by atoms with Crippen LogP contribution < -0.4 is 11.1 Å². The third kappa shape index (κ3) is 14.4. The molecule has 92 valence electrons. The molecular weight excluding hydrogens is 321 g/mol. The van der Waals surface area contributed by atoms with Crippen molar-refractivity contribution in [3.05, 3.63) is 0 Å². The molecule has 0 saturated carbocycles. The molecule has 0 atom stereocenters. The van der Waals surface area contributed by atoms with Gasteiger partial charge in [-0.1, -0.05) is 0 Å². The average Bonchev–Trinajstić information content (AvgIpc) is 2.00. The van der Waals surface area contributed by atoms with Crippen LogP contribution in [0, 0.1) is 0 Å². The van der Waals surface area contributed by atoms with Crippen LogP contribution in [-0.2, 0) is 0 Å². The number of aliphatic imine (C=N–C) groups is 1. The maximum absolute atomic E-state index is 5.71. The maximum Gasteiger partial charge on any atom is 0.188 e. The number of thioether (sulfide) groups is 1. The van der Waals surface area contributed by atoms with Crippen LogP contribution in [0.15, 0.2) is 4.99 Å². The number of halogens is 1. The van der Waals surface area contributed by atoms with Gasteiger partial charge in [0.1, 0.15) is 0 Å². The molecule has 0 aromatic carbocycles. The third-order valence-corrected chi connectivity index (χ3v) is 2.24. The second kappa shape index (κ2) is 9.57. The van der Waals surface area contributed by atoms with Crippen molar-refractivity contribution in [2.45, 2.75) is 39.2 Å². The maximum atomic E-state index is 5.71. The Balaban J connectivity index is 0. The highest BCUT2D eigenvalue weighted by Gasteiger charge is 2.09. The van der Waals surface area contributed by atoms with Gasteiger partial charge in [-0.3, -0.25) is 4.99 Å². The normalized spacial score (nSPS) is 12.1. The van der Waals surface area contributed by atoms with Crippen molar-refractivity contribution in [2.24, 2.45) is 10.7 Å². The summed E-state index contributed by atoms with van der Waals surface area (Å²) in [5.74, 6) is 1.77. The van der Waals surface area contributed by atoms with E-state index in [0.717, 1.165) is 13.0 Å². The third-order valence-electron chi connectivity index (χ3n) is 1.54. The van der Waals surface area contributed by atoms with Crippen molar-refractivity contribution >= 4 is 41.7 Å². The van der Waals surface area contributed by atoms with Crippen LogP contribution in [0.4, 0.5) is 0 Å². The molecule has 0 spiro atoms. The number of nitrogens with zero attached hydrogens (tertiary/aromatic N) is 1. The molecule has 0 unspecified atom stereocenters. The van der Waals surface area contributed by atoms with Crippen LogP contribution in [0.1, 0.15) is 33.6 Å². The molecule has 15 heavy (non-hydrogen) atoms. The van der Waals surface area contributed by atoms with E-state index in [0.29, 0.717) is 5.96 Å². The minimum atomic E-state index is 0. The average molecular weight is 345 g/mol. The van der Waals surface area contributed by atoms with Gasteiger partial charge in [0.05, 0.1) is 0 Å². The summed E-state index contributed by atoms with van der Waals surface area (Å²) < 4.78 is 0. The predicted octanol–water partition coefficient (Wildman–Crippen LogP) is 2.45. The standard InChI is InChI=1S/C10H23N3S.HI/c1-10(2,3)13-9(11)12-7-5-6-8-14-4;/h5-8H2,1-4H3,(H3,11,12,13);1H. The Morgan fingerprint density at radius 2 is 1.93 bits per heavy atom. The molecule has 0 bridgehead atoms. The van der Waals surface area contributed by atoms with Gasteiger partial charge in [0, 0.05) is 12.1 Å². The van der Waals surface area contributed by atoms with Gasteiger partial charge in [0.25, 0.3) is 0 Å². The molecule has 0 fully saturated rings. The van der Waals surface area contributed by atoms with E-state index in [4.69, 9.17) is 5.73 Å². The molecule has 0 rings (SSSR count). The minimum Gasteiger partial charge on any atom is -0.370 e. The topological polar surface area (TPSA) is 50.4 Å². The molecule has 0 radical (unpaired) electrons. The lowest BCUT2D eigenvalue weighted by Gasteiger charge is -2.20. The largest absolute Gasteiger partial charge is 0.370 e. The molecule has 0 aromatic heterocycles. The molecule has 0 aromatic rings. The number of hydrogen-bond acceptors (Lipinski definition) is 2. The Hall–Kier alpha value is 0.350. The highest BCUT2D eigenvalue weighted by atomic mass is 127. The van der Waals surface area contributed by atoms with Gasteiger partial charge >= 0.3 is 0 Å². The first kappa shape index (κ1) is 17.7. The molecular formula is C10H24IN3S. The molecule has 0 saturated heterocycles. The van der Waals surface area contributed by atoms with Gasteiger partial charge < -0.3 is 11.1 Å². The number of rotatable bonds is 5. The molecule has 0 aliphatic rings. The SMILES string of the molecule is CSCCCCN=C(N)NC(C)(C)C.I. The summed E-state index contributed by atoms with van der Waals surface area (Å²) in [4.78, 5) is 4.26. The number of guanidine groups is 1. The van der Waals surface area contributed by atoms with Crippen molar-refractivity contribution in [3.8, 4) is 0 Å². The van der Waals surface area contributed by atoms with E-state index in [1.165, 1.54) is 12.2 Å². The monoisotopic (exact) mass is 345 g/mol. The molecule has 0 aliphatic heterocycles. The zero-order chi connectivity index (χ0) is 11.0. The van der Waals surface area contributed by atoms with E-state index in [1.807, 2.05) is 11.8 Å². The lowest BCUT2D eigenvalue weighted by atomic mass is 10.1. The van der Waals surface area contributed by atoms with Gasteiger partial charge in [-0.2, -0.15) is 11.8 Å². The van der Waals surface area contributed by atoms with Crippen molar-refractivity contribution < 1.29 is 0 Å². The summed E-state index contributed by atoms with van der Waals surface area (Å²) in [6.45, 7) is 7.05. The summed E-state index contributed by atoms with van der Waals surface area (Å²) in [5, 5.41) is 3.13. The molecule has 5 heteroatoms. The number of nitrogens with two attached hydrogens (primary N) is 1. The van der Waals surface area contributed by atoms with Gasteiger partial charge in [-0.15, -0.1) is 24.0 Å². The van der Waals surface area contributed by atoms with E-state index in [1.54, 1.807) is 0 Å². The Kier molecular flexibility index (Phi) is 11.3. The predicted molar refractivity (Wildman–Crippen MR) is 82.4 cm³/mol. The van der Waals surface area contributed by atoms with Crippen molar-refractivity contribution in [1.29, 1.82) is 0 Å². The fraction of sp³-hybridized carbons (Fsp3) is 0.900. The molecule has 3 nitrogen and oxygen atoms in total. The van der Waals surface area contributed by atoms with Crippen molar-refractivity contribution in [3.63, 3.8) is 0 Å². The first-order valence-corrected chi connectivity index (χ1v) is 6.42. The van der Waals surface area contributed by atoms with Crippen LogP contribution in [0.5, 0.6) is 0 Å². The van der Waals surface area contributed by atoms with Crippen LogP contribution in [0.2, 0.25) is 0 Å². The van der Waals surface area contributed by atoms with Crippen LogP contribution in [-0.4, -0.2) is 30.1 Å². The zero-order valence-electron chi connectivity index (χ0n) is 10.2. The van der Waals surface area contributed by atoms with Gasteiger partial charge in [0.15, 0.2) is 5.96 Å². The summed E-state index contributed by atoms with van der Waals surface area (Å²) in [7, 11) is 0. The number of unbranched alkanes of at least 4 members (excludes halogenated alkanes) is 1. The smallest absolute Gasteiger partial charge is 0.188 e. The van der Waals surface area contributed by atoms with Crippen LogP contribution in [0.3, 0.4) is 0 Å². The lowest BCUT2D eigenvalue weighted by Crippen LogP contribution is -2.45. The molecule has 0 heterocycles. The molecule has 0 amide bonds. The Bertz CT molecular complexity index is 178. The lowest BCUT2D eigenvalue weighted by molar-refractivity contribution is 0.508. The van der Waals surface area contributed by atoms with E-state index in [-0.39, 0.29) is 29.5 Å². The van der Waals surface area contributed by atoms with E-state index < -0.39 is 0 Å². The van der Waals surface area contributed by atoms with Crippen LogP contribution >= 0.6 is 35.7 Å². The second-order valence-corrected chi connectivity index (χ2v) is 5.33. The Labute approximate surface area is 115 Å². The van der Waals surface area contributed by atoms with E-state index in [9.17, 15) is 0 Å². The minimum absolute atomic E-state index is 0. The quantitative estimate of drug-likeness (QED) is 0.348. The number of nitrogens with one attached hydrogen (secondary N) is 1. The summed E-state index contributed by atoms with van der Waals surface area (Å²) >= 11 is 1.88. The summed E-state index contributed by atoms with van der Waals surface area (Å²) in [5.41, 5.74) is 5.72. The first-order chi connectivity index (χ1) is 6.45. The highest BCUT2D eigenvalue weighted by Crippen LogP contribution is 2.00. The highest BCUT2D eigenvalue weighted by molar-refractivity contribution is 14.0. The number of hydrogen-bond donors (Lipinski definition) is 2. The van der Waals surface area contributed by atoms with E-state index in [2.05, 4.69) is 37.3 Å². The van der Waals surface area contributed by atoms with Crippen molar-refractivity contribution in [1.82, 2.24) is 5.32 Å². The Morgan fingerprint density at radius 3 is 2.40 bits per heavy atom. The zero-order valence-corrected chi connectivity index (χ0v) is 13.3.